The van der Waals surface area contributed by atoms with E-state index in [0.29, 0.717) is 35.5 Å². The third-order valence-corrected chi connectivity index (χ3v) is 6.37. The molecule has 3 aromatic carbocycles. The average Bonchev–Trinajstić information content (AvgIpc) is 2.81. The van der Waals surface area contributed by atoms with Crippen LogP contribution in [0.3, 0.4) is 0 Å². The summed E-state index contributed by atoms with van der Waals surface area (Å²) in [7, 11) is 0. The molecule has 2 aliphatic rings. The van der Waals surface area contributed by atoms with Crippen molar-refractivity contribution in [1.82, 2.24) is 0 Å². The molecule has 0 aliphatic carbocycles. The first-order chi connectivity index (χ1) is 15.1. The van der Waals surface area contributed by atoms with E-state index >= 15 is 0 Å². The van der Waals surface area contributed by atoms with Gasteiger partial charge in [-0.1, -0.05) is 85.8 Å². The molecule has 0 radical (unpaired) electrons. The monoisotopic (exact) mass is 410 g/mol. The highest BCUT2D eigenvalue weighted by Crippen LogP contribution is 2.56. The Bertz CT molecular complexity index is 1180. The highest BCUT2D eigenvalue weighted by molar-refractivity contribution is 6.06. The lowest BCUT2D eigenvalue weighted by molar-refractivity contribution is -0.153. The van der Waals surface area contributed by atoms with Gasteiger partial charge in [0.15, 0.2) is 0 Å². The molecular weight excluding hydrogens is 388 g/mol. The van der Waals surface area contributed by atoms with Crippen molar-refractivity contribution in [3.05, 3.63) is 107 Å². The van der Waals surface area contributed by atoms with Gasteiger partial charge in [-0.3, -0.25) is 4.79 Å². The number of benzene rings is 3. The van der Waals surface area contributed by atoms with Crippen LogP contribution in [0.5, 0.6) is 5.75 Å². The Morgan fingerprint density at radius 2 is 1.45 bits per heavy atom. The summed E-state index contributed by atoms with van der Waals surface area (Å²) >= 11 is 0. The molecule has 154 valence electrons. The Labute approximate surface area is 181 Å². The van der Waals surface area contributed by atoms with Crippen LogP contribution in [0.4, 0.5) is 0 Å². The molecule has 2 heterocycles. The molecular formula is C27H22O4. The number of esters is 2. The third-order valence-electron chi connectivity index (χ3n) is 6.37. The highest BCUT2D eigenvalue weighted by atomic mass is 16.6. The fraction of sp³-hybridized carbons (Fsp3) is 0.185. The van der Waals surface area contributed by atoms with Crippen molar-refractivity contribution in [2.75, 3.05) is 0 Å². The summed E-state index contributed by atoms with van der Waals surface area (Å²) < 4.78 is 11.6. The largest absolute Gasteiger partial charge is 0.425 e. The smallest absolute Gasteiger partial charge is 0.343 e. The number of carbonyl (C=O) groups excluding carboxylic acids is 2. The van der Waals surface area contributed by atoms with Crippen LogP contribution in [-0.2, 0) is 20.7 Å². The molecule has 0 unspecified atom stereocenters. The van der Waals surface area contributed by atoms with Crippen LogP contribution in [0.25, 0.3) is 5.76 Å². The second-order valence-corrected chi connectivity index (χ2v) is 8.03. The van der Waals surface area contributed by atoms with Crippen LogP contribution in [-0.4, -0.2) is 11.9 Å². The maximum Gasteiger partial charge on any atom is 0.343 e. The maximum absolute atomic E-state index is 13.7. The van der Waals surface area contributed by atoms with E-state index in [4.69, 9.17) is 9.47 Å². The Kier molecular flexibility index (Phi) is 4.70. The molecule has 4 nitrogen and oxygen atoms in total. The van der Waals surface area contributed by atoms with Crippen LogP contribution >= 0.6 is 0 Å². The fourth-order valence-corrected chi connectivity index (χ4v) is 4.82. The molecule has 0 amide bonds. The van der Waals surface area contributed by atoms with E-state index in [9.17, 15) is 9.59 Å². The molecule has 0 fully saturated rings. The summed E-state index contributed by atoms with van der Waals surface area (Å²) in [6, 6.07) is 26.7. The minimum absolute atomic E-state index is 0.298. The second-order valence-electron chi connectivity index (χ2n) is 8.03. The topological polar surface area (TPSA) is 52.6 Å². The van der Waals surface area contributed by atoms with E-state index in [1.807, 2.05) is 85.8 Å². The van der Waals surface area contributed by atoms with Gasteiger partial charge in [0.1, 0.15) is 11.5 Å². The second kappa shape index (κ2) is 7.55. The summed E-state index contributed by atoms with van der Waals surface area (Å²) in [6.45, 7) is 1.98. The van der Waals surface area contributed by atoms with E-state index in [1.165, 1.54) is 0 Å². The van der Waals surface area contributed by atoms with Gasteiger partial charge in [0.05, 0.1) is 11.0 Å². The molecule has 0 saturated carbocycles. The summed E-state index contributed by atoms with van der Waals surface area (Å²) in [5.74, 6) is -0.412. The van der Waals surface area contributed by atoms with Crippen molar-refractivity contribution in [1.29, 1.82) is 0 Å². The van der Waals surface area contributed by atoms with Crippen LogP contribution in [0.1, 0.15) is 36.0 Å². The summed E-state index contributed by atoms with van der Waals surface area (Å²) in [6.07, 6.45) is 1.000. The first-order valence-corrected chi connectivity index (χ1v) is 10.5. The van der Waals surface area contributed by atoms with E-state index < -0.39 is 17.3 Å². The first-order valence-electron chi connectivity index (χ1n) is 10.5. The van der Waals surface area contributed by atoms with Gasteiger partial charge in [-0.05, 0) is 24.5 Å². The molecule has 3 aromatic rings. The molecule has 0 aromatic heterocycles. The van der Waals surface area contributed by atoms with Crippen molar-refractivity contribution in [3.63, 3.8) is 0 Å². The minimum Gasteiger partial charge on any atom is -0.425 e. The molecule has 0 bridgehead atoms. The molecule has 2 aliphatic heterocycles. The number of para-hydroxylation sites is 1. The van der Waals surface area contributed by atoms with Crippen molar-refractivity contribution < 1.29 is 19.1 Å². The third kappa shape index (κ3) is 3.07. The zero-order valence-electron chi connectivity index (χ0n) is 17.2. The molecule has 31 heavy (non-hydrogen) atoms. The number of cyclic esters (lactones) is 1. The Morgan fingerprint density at radius 1 is 0.806 bits per heavy atom. The molecule has 2 atom stereocenters. The predicted molar refractivity (Wildman–Crippen MR) is 117 cm³/mol. The number of fused-ring (bicyclic) bond motifs is 3. The quantitative estimate of drug-likeness (QED) is 0.433. The van der Waals surface area contributed by atoms with E-state index in [0.717, 1.165) is 11.1 Å². The maximum atomic E-state index is 13.7. The number of carbonyl (C=O) groups is 2. The lowest BCUT2D eigenvalue weighted by atomic mass is 9.61. The lowest BCUT2D eigenvalue weighted by Crippen LogP contribution is -2.47. The Hall–Kier alpha value is -3.66. The van der Waals surface area contributed by atoms with Crippen LogP contribution in [0.15, 0.2) is 90.5 Å². The first kappa shape index (κ1) is 19.3. The standard InChI is InChI=1S/C27H22O4/c1-2-27(17-18-11-5-3-6-12-18)23-20-15-9-10-16-21(20)30-25(28)22(23)24(31-26(27)29)19-13-7-4-8-14-19/h3-16,23H,2,17H2,1H3/t23-,27-/m1/s1. The number of rotatable bonds is 4. The number of hydrogen-bond donors (Lipinski definition) is 0. The van der Waals surface area contributed by atoms with E-state index in [2.05, 4.69) is 0 Å². The van der Waals surface area contributed by atoms with E-state index in [1.54, 1.807) is 6.07 Å². The van der Waals surface area contributed by atoms with Crippen molar-refractivity contribution >= 4 is 17.7 Å². The highest BCUT2D eigenvalue weighted by Gasteiger charge is 2.56. The molecule has 5 rings (SSSR count). The van der Waals surface area contributed by atoms with Gasteiger partial charge in [-0.25, -0.2) is 4.79 Å². The van der Waals surface area contributed by atoms with Gasteiger partial charge in [0.25, 0.3) is 0 Å². The van der Waals surface area contributed by atoms with Crippen molar-refractivity contribution in [2.24, 2.45) is 5.41 Å². The van der Waals surface area contributed by atoms with Crippen molar-refractivity contribution in [3.8, 4) is 5.75 Å². The molecule has 0 N–H and O–H groups in total. The molecule has 4 heteroatoms. The van der Waals surface area contributed by atoms with Crippen LogP contribution < -0.4 is 4.74 Å². The van der Waals surface area contributed by atoms with Crippen LogP contribution in [0, 0.1) is 5.41 Å². The van der Waals surface area contributed by atoms with Gasteiger partial charge < -0.3 is 9.47 Å². The van der Waals surface area contributed by atoms with E-state index in [-0.39, 0.29) is 5.97 Å². The SMILES string of the molecule is CC[C@]1(Cc2ccccc2)C(=O)OC(c2ccccc2)=C2C(=O)Oc3ccccc3[C@H]21. The molecule has 0 spiro atoms. The summed E-state index contributed by atoms with van der Waals surface area (Å²) in [5.41, 5.74) is 2.07. The molecule has 0 saturated heterocycles. The number of hydrogen-bond acceptors (Lipinski definition) is 4. The Balaban J connectivity index is 1.78. The van der Waals surface area contributed by atoms with Gasteiger partial charge in [-0.15, -0.1) is 0 Å². The minimum atomic E-state index is -0.912. The fourth-order valence-electron chi connectivity index (χ4n) is 4.82. The lowest BCUT2D eigenvalue weighted by Gasteiger charge is -2.45. The average molecular weight is 410 g/mol. The van der Waals surface area contributed by atoms with Gasteiger partial charge in [0, 0.05) is 17.0 Å². The number of ether oxygens (including phenoxy) is 2. The predicted octanol–water partition coefficient (Wildman–Crippen LogP) is 5.30. The zero-order chi connectivity index (χ0) is 21.4. The van der Waals surface area contributed by atoms with Gasteiger partial charge >= 0.3 is 11.9 Å². The Morgan fingerprint density at radius 3 is 2.16 bits per heavy atom. The van der Waals surface area contributed by atoms with Gasteiger partial charge in [0.2, 0.25) is 0 Å². The summed E-state index contributed by atoms with van der Waals surface area (Å²) in [5, 5.41) is 0. The summed E-state index contributed by atoms with van der Waals surface area (Å²) in [4.78, 5) is 27.0. The zero-order valence-corrected chi connectivity index (χ0v) is 17.2. The van der Waals surface area contributed by atoms with Gasteiger partial charge in [-0.2, -0.15) is 0 Å². The van der Waals surface area contributed by atoms with Crippen LogP contribution in [0.2, 0.25) is 0 Å². The normalized spacial score (nSPS) is 22.3. The van der Waals surface area contributed by atoms with Crippen molar-refractivity contribution in [2.45, 2.75) is 25.7 Å².